The number of nitrogens with one attached hydrogen (secondary N) is 1. The fraction of sp³-hybridized carbons (Fsp3) is 0.733. The number of aromatic nitrogens is 2. The van der Waals surface area contributed by atoms with Crippen LogP contribution in [0.15, 0.2) is 6.07 Å². The van der Waals surface area contributed by atoms with E-state index in [2.05, 4.69) is 23.4 Å². The second-order valence-electron chi connectivity index (χ2n) is 6.18. The Morgan fingerprint density at radius 3 is 2.90 bits per heavy atom. The van der Waals surface area contributed by atoms with E-state index in [1.807, 2.05) is 18.5 Å². The molecule has 1 aliphatic rings. The van der Waals surface area contributed by atoms with Gasteiger partial charge in [0.15, 0.2) is 0 Å². The van der Waals surface area contributed by atoms with Crippen LogP contribution in [0, 0.1) is 19.3 Å². The Kier molecular flexibility index (Phi) is 4.48. The minimum atomic E-state index is -0.377. The van der Waals surface area contributed by atoms with Crippen molar-refractivity contribution < 1.29 is 4.79 Å². The molecule has 1 aromatic heterocycles. The molecular weight excluding hydrogens is 252 g/mol. The molecule has 2 rings (SSSR count). The lowest BCUT2D eigenvalue weighted by Crippen LogP contribution is -2.47. The molecular formula is C15H26N4O. The van der Waals surface area contributed by atoms with Gasteiger partial charge in [-0.05, 0) is 46.1 Å². The van der Waals surface area contributed by atoms with E-state index in [-0.39, 0.29) is 17.4 Å². The second-order valence-corrected chi connectivity index (χ2v) is 6.18. The summed E-state index contributed by atoms with van der Waals surface area (Å²) in [6.45, 7) is 7.55. The summed E-state index contributed by atoms with van der Waals surface area (Å²) in [5, 5.41) is 7.45. The van der Waals surface area contributed by atoms with Crippen LogP contribution in [0.5, 0.6) is 0 Å². The lowest BCUT2D eigenvalue weighted by atomic mass is 9.84. The average Bonchev–Trinajstić information content (AvgIpc) is 2.89. The molecule has 0 bridgehead atoms. The van der Waals surface area contributed by atoms with Crippen LogP contribution in [-0.2, 0) is 11.3 Å². The topological polar surface area (TPSA) is 72.9 Å². The number of carbonyl (C=O) groups excluding carboxylic acids is 1. The minimum absolute atomic E-state index is 0.00138. The molecule has 1 aliphatic carbocycles. The first-order valence-corrected chi connectivity index (χ1v) is 7.48. The fourth-order valence-electron chi connectivity index (χ4n) is 3.01. The maximum absolute atomic E-state index is 12.2. The zero-order valence-electron chi connectivity index (χ0n) is 12.8. The largest absolute Gasteiger partial charge is 0.356 e. The van der Waals surface area contributed by atoms with Crippen LogP contribution >= 0.6 is 0 Å². The van der Waals surface area contributed by atoms with Gasteiger partial charge in [-0.25, -0.2) is 0 Å². The molecule has 2 unspecified atom stereocenters. The van der Waals surface area contributed by atoms with E-state index < -0.39 is 0 Å². The molecule has 0 aliphatic heterocycles. The molecule has 20 heavy (non-hydrogen) atoms. The molecule has 1 amide bonds. The Morgan fingerprint density at radius 2 is 2.35 bits per heavy atom. The Labute approximate surface area is 120 Å². The van der Waals surface area contributed by atoms with Crippen LogP contribution in [0.1, 0.15) is 44.0 Å². The summed E-state index contributed by atoms with van der Waals surface area (Å²) in [5.74, 6) is 0.107. The average molecular weight is 278 g/mol. The summed E-state index contributed by atoms with van der Waals surface area (Å²) in [6, 6.07) is 2.07. The van der Waals surface area contributed by atoms with E-state index in [1.54, 1.807) is 0 Å². The van der Waals surface area contributed by atoms with Gasteiger partial charge >= 0.3 is 0 Å². The standard InChI is InChI=1S/C15H26N4O/c1-11-10-12(2)19(18-11)9-5-8-17-14(20)15(3)7-4-6-13(15)16/h10,13H,4-9,16H2,1-3H3,(H,17,20). The third-order valence-electron chi connectivity index (χ3n) is 4.48. The van der Waals surface area contributed by atoms with Gasteiger partial charge < -0.3 is 11.1 Å². The molecule has 112 valence electrons. The van der Waals surface area contributed by atoms with Crippen LogP contribution in [0.4, 0.5) is 0 Å². The van der Waals surface area contributed by atoms with Crippen LogP contribution in [0.2, 0.25) is 0 Å². The molecule has 1 fully saturated rings. The zero-order chi connectivity index (χ0) is 14.8. The maximum atomic E-state index is 12.2. The van der Waals surface area contributed by atoms with Crippen molar-refractivity contribution in [1.29, 1.82) is 0 Å². The minimum Gasteiger partial charge on any atom is -0.356 e. The molecule has 1 heterocycles. The van der Waals surface area contributed by atoms with Crippen molar-refractivity contribution in [2.75, 3.05) is 6.54 Å². The SMILES string of the molecule is Cc1cc(C)n(CCCNC(=O)C2(C)CCCC2N)n1. The predicted octanol–water partition coefficient (Wildman–Crippen LogP) is 1.52. The first-order valence-electron chi connectivity index (χ1n) is 7.48. The van der Waals surface area contributed by atoms with Gasteiger partial charge in [0.2, 0.25) is 5.91 Å². The molecule has 2 atom stereocenters. The van der Waals surface area contributed by atoms with Crippen molar-refractivity contribution in [3.8, 4) is 0 Å². The van der Waals surface area contributed by atoms with Gasteiger partial charge in [0.05, 0.1) is 11.1 Å². The highest BCUT2D eigenvalue weighted by molar-refractivity contribution is 5.83. The number of amides is 1. The third-order valence-corrected chi connectivity index (χ3v) is 4.48. The quantitative estimate of drug-likeness (QED) is 0.802. The van der Waals surface area contributed by atoms with Gasteiger partial charge in [0.1, 0.15) is 0 Å². The van der Waals surface area contributed by atoms with E-state index in [9.17, 15) is 4.79 Å². The first kappa shape index (κ1) is 15.0. The highest BCUT2D eigenvalue weighted by atomic mass is 16.2. The Morgan fingerprint density at radius 1 is 1.60 bits per heavy atom. The molecule has 5 heteroatoms. The molecule has 3 N–H and O–H groups in total. The number of hydrogen-bond donors (Lipinski definition) is 2. The number of aryl methyl sites for hydroxylation is 3. The van der Waals surface area contributed by atoms with Crippen LogP contribution in [0.3, 0.4) is 0 Å². The van der Waals surface area contributed by atoms with E-state index in [1.165, 1.54) is 5.69 Å². The molecule has 0 radical (unpaired) electrons. The smallest absolute Gasteiger partial charge is 0.227 e. The Hall–Kier alpha value is -1.36. The fourth-order valence-corrected chi connectivity index (χ4v) is 3.01. The first-order chi connectivity index (χ1) is 9.43. The van der Waals surface area contributed by atoms with E-state index in [0.717, 1.165) is 37.9 Å². The molecule has 5 nitrogen and oxygen atoms in total. The Balaban J connectivity index is 1.76. The van der Waals surface area contributed by atoms with Gasteiger partial charge in [-0.2, -0.15) is 5.10 Å². The molecule has 1 aromatic rings. The van der Waals surface area contributed by atoms with Crippen LogP contribution < -0.4 is 11.1 Å². The number of nitrogens with zero attached hydrogens (tertiary/aromatic N) is 2. The van der Waals surface area contributed by atoms with Crippen molar-refractivity contribution in [1.82, 2.24) is 15.1 Å². The lowest BCUT2D eigenvalue weighted by molar-refractivity contribution is -0.130. The molecule has 0 aromatic carbocycles. The zero-order valence-corrected chi connectivity index (χ0v) is 12.8. The van der Waals surface area contributed by atoms with Gasteiger partial charge in [-0.1, -0.05) is 6.42 Å². The molecule has 1 saturated carbocycles. The van der Waals surface area contributed by atoms with Crippen molar-refractivity contribution in [2.24, 2.45) is 11.1 Å². The highest BCUT2D eigenvalue weighted by Gasteiger charge is 2.42. The van der Waals surface area contributed by atoms with Crippen molar-refractivity contribution in [3.05, 3.63) is 17.5 Å². The summed E-state index contributed by atoms with van der Waals surface area (Å²) in [6.07, 6.45) is 3.79. The molecule has 0 saturated heterocycles. The summed E-state index contributed by atoms with van der Waals surface area (Å²) in [4.78, 5) is 12.2. The number of carbonyl (C=O) groups is 1. The van der Waals surface area contributed by atoms with Gasteiger partial charge in [0.25, 0.3) is 0 Å². The Bertz CT molecular complexity index is 482. The summed E-state index contributed by atoms with van der Waals surface area (Å²) < 4.78 is 1.99. The summed E-state index contributed by atoms with van der Waals surface area (Å²) in [7, 11) is 0. The normalized spacial score (nSPS) is 25.9. The summed E-state index contributed by atoms with van der Waals surface area (Å²) >= 11 is 0. The monoisotopic (exact) mass is 278 g/mol. The molecule has 0 spiro atoms. The van der Waals surface area contributed by atoms with E-state index in [0.29, 0.717) is 6.54 Å². The van der Waals surface area contributed by atoms with Gasteiger partial charge in [-0.15, -0.1) is 0 Å². The lowest BCUT2D eigenvalue weighted by Gasteiger charge is -2.27. The predicted molar refractivity (Wildman–Crippen MR) is 79.3 cm³/mol. The van der Waals surface area contributed by atoms with Crippen LogP contribution in [-0.4, -0.2) is 28.3 Å². The van der Waals surface area contributed by atoms with Crippen molar-refractivity contribution >= 4 is 5.91 Å². The second kappa shape index (κ2) is 5.95. The summed E-state index contributed by atoms with van der Waals surface area (Å²) in [5.41, 5.74) is 7.88. The number of nitrogens with two attached hydrogens (primary N) is 1. The van der Waals surface area contributed by atoms with Crippen molar-refractivity contribution in [2.45, 2.75) is 59.0 Å². The maximum Gasteiger partial charge on any atom is 0.227 e. The van der Waals surface area contributed by atoms with E-state index >= 15 is 0 Å². The van der Waals surface area contributed by atoms with E-state index in [4.69, 9.17) is 5.73 Å². The number of hydrogen-bond acceptors (Lipinski definition) is 3. The van der Waals surface area contributed by atoms with Crippen LogP contribution in [0.25, 0.3) is 0 Å². The third kappa shape index (κ3) is 3.03. The van der Waals surface area contributed by atoms with Crippen molar-refractivity contribution in [3.63, 3.8) is 0 Å². The van der Waals surface area contributed by atoms with Gasteiger partial charge in [-0.3, -0.25) is 9.48 Å². The highest BCUT2D eigenvalue weighted by Crippen LogP contribution is 2.36. The van der Waals surface area contributed by atoms with Gasteiger partial charge in [0, 0.05) is 24.8 Å². The number of rotatable bonds is 5.